The van der Waals surface area contributed by atoms with E-state index < -0.39 is 30.0 Å². The standard InChI is InChI=1S/C15H19F3N2O4/c1-9(2)24-13(22)20-14(12(21)23-4,15(16,17)18)19-11-7-5-6-10(3)8-11/h5-9,19H,1-4H3,(H,20,22)/t14-/m1/s1. The number of carbonyl (C=O) groups is 2. The lowest BCUT2D eigenvalue weighted by Gasteiger charge is -2.34. The number of hydrogen-bond acceptors (Lipinski definition) is 5. The van der Waals surface area contributed by atoms with Crippen molar-refractivity contribution >= 4 is 17.7 Å². The summed E-state index contributed by atoms with van der Waals surface area (Å²) in [7, 11) is 0.788. The van der Waals surface area contributed by atoms with Gasteiger partial charge >= 0.3 is 23.9 Å². The van der Waals surface area contributed by atoms with Gasteiger partial charge in [0.2, 0.25) is 0 Å². The number of methoxy groups -OCH3 is 1. The summed E-state index contributed by atoms with van der Waals surface area (Å²) in [5.41, 5.74) is -2.85. The Bertz CT molecular complexity index is 605. The molecule has 0 aliphatic carbocycles. The fourth-order valence-corrected chi connectivity index (χ4v) is 1.88. The summed E-state index contributed by atoms with van der Waals surface area (Å²) in [4.78, 5) is 23.6. The van der Waals surface area contributed by atoms with Gasteiger partial charge in [-0.3, -0.25) is 5.32 Å². The molecule has 0 radical (unpaired) electrons. The van der Waals surface area contributed by atoms with Crippen molar-refractivity contribution < 1.29 is 32.2 Å². The first-order valence-electron chi connectivity index (χ1n) is 7.00. The van der Waals surface area contributed by atoms with Crippen LogP contribution in [0, 0.1) is 6.92 Å². The molecule has 1 rings (SSSR count). The number of amides is 1. The van der Waals surface area contributed by atoms with Crippen LogP contribution in [0.1, 0.15) is 19.4 Å². The third kappa shape index (κ3) is 4.53. The van der Waals surface area contributed by atoms with Crippen LogP contribution in [0.3, 0.4) is 0 Å². The number of carbonyl (C=O) groups excluding carboxylic acids is 2. The number of alkyl carbamates (subject to hydrolysis) is 1. The van der Waals surface area contributed by atoms with Crippen LogP contribution in [0.5, 0.6) is 0 Å². The number of nitrogens with one attached hydrogen (secondary N) is 2. The Morgan fingerprint density at radius 3 is 2.29 bits per heavy atom. The second-order valence-corrected chi connectivity index (χ2v) is 5.31. The average molecular weight is 348 g/mol. The first-order chi connectivity index (χ1) is 11.0. The molecule has 1 amide bonds. The molecule has 0 spiro atoms. The Labute approximate surface area is 137 Å². The highest BCUT2D eigenvalue weighted by Gasteiger charge is 2.64. The van der Waals surface area contributed by atoms with Crippen LogP contribution in [-0.2, 0) is 14.3 Å². The molecule has 0 aromatic heterocycles. The lowest BCUT2D eigenvalue weighted by Crippen LogP contribution is -2.69. The van der Waals surface area contributed by atoms with Gasteiger partial charge in [-0.05, 0) is 38.5 Å². The number of alkyl halides is 3. The van der Waals surface area contributed by atoms with E-state index in [0.29, 0.717) is 5.56 Å². The van der Waals surface area contributed by atoms with Crippen molar-refractivity contribution in [1.82, 2.24) is 5.32 Å². The van der Waals surface area contributed by atoms with Crippen molar-refractivity contribution in [2.75, 3.05) is 12.4 Å². The van der Waals surface area contributed by atoms with Gasteiger partial charge in [0, 0.05) is 5.69 Å². The van der Waals surface area contributed by atoms with E-state index in [4.69, 9.17) is 0 Å². The summed E-state index contributed by atoms with van der Waals surface area (Å²) in [6.07, 6.45) is -7.28. The molecule has 0 aliphatic heterocycles. The average Bonchev–Trinajstić information content (AvgIpc) is 2.43. The molecule has 9 heteroatoms. The Morgan fingerprint density at radius 1 is 1.21 bits per heavy atom. The van der Waals surface area contributed by atoms with Crippen molar-refractivity contribution in [3.63, 3.8) is 0 Å². The molecular weight excluding hydrogens is 329 g/mol. The molecule has 2 N–H and O–H groups in total. The molecule has 0 saturated heterocycles. The Hall–Kier alpha value is -2.45. The van der Waals surface area contributed by atoms with Gasteiger partial charge < -0.3 is 14.8 Å². The second-order valence-electron chi connectivity index (χ2n) is 5.31. The topological polar surface area (TPSA) is 76.7 Å². The second kappa shape index (κ2) is 7.41. The van der Waals surface area contributed by atoms with Crippen LogP contribution >= 0.6 is 0 Å². The molecule has 24 heavy (non-hydrogen) atoms. The van der Waals surface area contributed by atoms with Crippen LogP contribution < -0.4 is 10.6 Å². The summed E-state index contributed by atoms with van der Waals surface area (Å²) in [6.45, 7) is 4.58. The zero-order valence-corrected chi connectivity index (χ0v) is 13.7. The minimum atomic E-state index is -5.19. The van der Waals surface area contributed by atoms with Gasteiger partial charge in [0.1, 0.15) is 0 Å². The summed E-state index contributed by atoms with van der Waals surface area (Å²) >= 11 is 0. The number of aryl methyl sites for hydroxylation is 1. The normalized spacial score (nSPS) is 13.8. The van der Waals surface area contributed by atoms with Gasteiger partial charge in [-0.25, -0.2) is 9.59 Å². The highest BCUT2D eigenvalue weighted by Crippen LogP contribution is 2.33. The molecular formula is C15H19F3N2O4. The number of ether oxygens (including phenoxy) is 2. The van der Waals surface area contributed by atoms with Crippen LogP contribution in [0.15, 0.2) is 24.3 Å². The van der Waals surface area contributed by atoms with Crippen molar-refractivity contribution in [3.05, 3.63) is 29.8 Å². The molecule has 1 aromatic carbocycles. The van der Waals surface area contributed by atoms with E-state index in [1.54, 1.807) is 18.3 Å². The number of halogens is 3. The number of anilines is 1. The van der Waals surface area contributed by atoms with E-state index in [1.165, 1.54) is 32.0 Å². The molecule has 0 fully saturated rings. The van der Waals surface area contributed by atoms with Gasteiger partial charge in [-0.2, -0.15) is 13.2 Å². The Morgan fingerprint density at radius 2 is 1.83 bits per heavy atom. The quantitative estimate of drug-likeness (QED) is 0.632. The number of benzene rings is 1. The molecule has 0 saturated carbocycles. The van der Waals surface area contributed by atoms with E-state index >= 15 is 0 Å². The molecule has 134 valence electrons. The van der Waals surface area contributed by atoms with Gasteiger partial charge in [0.15, 0.2) is 0 Å². The maximum absolute atomic E-state index is 13.7. The maximum atomic E-state index is 13.7. The van der Waals surface area contributed by atoms with Crippen molar-refractivity contribution in [1.29, 1.82) is 0 Å². The van der Waals surface area contributed by atoms with E-state index in [-0.39, 0.29) is 5.69 Å². The highest BCUT2D eigenvalue weighted by atomic mass is 19.4. The number of hydrogen-bond donors (Lipinski definition) is 2. The zero-order valence-electron chi connectivity index (χ0n) is 13.7. The van der Waals surface area contributed by atoms with Gasteiger partial charge in [0.05, 0.1) is 13.2 Å². The predicted molar refractivity (Wildman–Crippen MR) is 80.4 cm³/mol. The minimum Gasteiger partial charge on any atom is -0.466 e. The Balaban J connectivity index is 3.31. The minimum absolute atomic E-state index is 0.0254. The summed E-state index contributed by atoms with van der Waals surface area (Å²) in [5, 5.41) is 3.57. The molecule has 6 nitrogen and oxygen atoms in total. The van der Waals surface area contributed by atoms with E-state index in [2.05, 4.69) is 9.47 Å². The number of rotatable bonds is 5. The fraction of sp³-hybridized carbons (Fsp3) is 0.467. The fourth-order valence-electron chi connectivity index (χ4n) is 1.88. The predicted octanol–water partition coefficient (Wildman–Crippen LogP) is 2.97. The van der Waals surface area contributed by atoms with E-state index in [0.717, 1.165) is 7.11 Å². The highest BCUT2D eigenvalue weighted by molar-refractivity contribution is 5.89. The molecule has 1 aromatic rings. The summed E-state index contributed by atoms with van der Waals surface area (Å²) < 4.78 is 49.9. The molecule has 1 atom stereocenters. The molecule has 0 unspecified atom stereocenters. The summed E-state index contributed by atoms with van der Waals surface area (Å²) in [5.74, 6) is -1.72. The largest absolute Gasteiger partial charge is 0.466 e. The first kappa shape index (κ1) is 19.6. The SMILES string of the molecule is COC(=O)[C@](NC(=O)OC(C)C)(Nc1cccc(C)c1)C(F)(F)F. The Kier molecular flexibility index (Phi) is 6.05. The monoisotopic (exact) mass is 348 g/mol. The first-order valence-corrected chi connectivity index (χ1v) is 7.00. The van der Waals surface area contributed by atoms with E-state index in [9.17, 15) is 22.8 Å². The van der Waals surface area contributed by atoms with Crippen LogP contribution in [0.25, 0.3) is 0 Å². The van der Waals surface area contributed by atoms with Crippen molar-refractivity contribution in [2.24, 2.45) is 0 Å². The molecule has 0 heterocycles. The van der Waals surface area contributed by atoms with Gasteiger partial charge in [-0.15, -0.1) is 0 Å². The lowest BCUT2D eigenvalue weighted by molar-refractivity contribution is -0.204. The van der Waals surface area contributed by atoms with Crippen LogP contribution in [0.2, 0.25) is 0 Å². The number of esters is 1. The van der Waals surface area contributed by atoms with Crippen molar-refractivity contribution in [3.8, 4) is 0 Å². The van der Waals surface area contributed by atoms with Crippen LogP contribution in [-0.4, -0.2) is 37.1 Å². The van der Waals surface area contributed by atoms with E-state index in [1.807, 2.05) is 5.32 Å². The third-order valence-corrected chi connectivity index (χ3v) is 2.90. The maximum Gasteiger partial charge on any atom is 0.442 e. The molecule has 0 aliphatic rings. The molecule has 0 bridgehead atoms. The van der Waals surface area contributed by atoms with Gasteiger partial charge in [-0.1, -0.05) is 12.1 Å². The summed E-state index contributed by atoms with van der Waals surface area (Å²) in [6, 6.07) is 5.88. The van der Waals surface area contributed by atoms with Gasteiger partial charge in [0.25, 0.3) is 0 Å². The smallest absolute Gasteiger partial charge is 0.442 e. The third-order valence-electron chi connectivity index (χ3n) is 2.90. The van der Waals surface area contributed by atoms with Crippen molar-refractivity contribution in [2.45, 2.75) is 38.7 Å². The lowest BCUT2D eigenvalue weighted by atomic mass is 10.1. The zero-order chi connectivity index (χ0) is 18.5. The van der Waals surface area contributed by atoms with Crippen LogP contribution in [0.4, 0.5) is 23.7 Å².